The van der Waals surface area contributed by atoms with Crippen molar-refractivity contribution in [2.24, 2.45) is 11.7 Å². The first-order valence-corrected chi connectivity index (χ1v) is 9.31. The minimum Gasteiger partial charge on any atom is -0.489 e. The molecule has 0 radical (unpaired) electrons. The first kappa shape index (κ1) is 18.3. The fourth-order valence-corrected chi connectivity index (χ4v) is 3.69. The molecule has 2 heterocycles. The van der Waals surface area contributed by atoms with Crippen molar-refractivity contribution in [2.45, 2.75) is 25.2 Å². The van der Waals surface area contributed by atoms with Crippen LogP contribution in [0.15, 0.2) is 24.8 Å². The second-order valence-corrected chi connectivity index (χ2v) is 8.00. The molecule has 140 valence electrons. The van der Waals surface area contributed by atoms with Crippen molar-refractivity contribution in [3.8, 4) is 17.0 Å². The lowest BCUT2D eigenvalue weighted by atomic mass is 9.82. The SMILES string of the molecule is C=C(c1cc2c(c(-c3ccc(F)c(Cl)c3Cl)n1)OC[C@]2(C)C(N)=O)C1CC1. The van der Waals surface area contributed by atoms with Gasteiger partial charge >= 0.3 is 0 Å². The van der Waals surface area contributed by atoms with Gasteiger partial charge in [-0.2, -0.15) is 0 Å². The summed E-state index contributed by atoms with van der Waals surface area (Å²) < 4.78 is 19.6. The lowest BCUT2D eigenvalue weighted by molar-refractivity contribution is -0.123. The number of carbonyl (C=O) groups is 1. The topological polar surface area (TPSA) is 65.2 Å². The van der Waals surface area contributed by atoms with Crippen molar-refractivity contribution in [3.05, 3.63) is 51.9 Å². The molecule has 1 atom stereocenters. The van der Waals surface area contributed by atoms with Crippen molar-refractivity contribution in [1.29, 1.82) is 0 Å². The molecule has 7 heteroatoms. The molecule has 4 nitrogen and oxygen atoms in total. The molecule has 2 aliphatic rings. The fraction of sp³-hybridized carbons (Fsp3) is 0.300. The van der Waals surface area contributed by atoms with E-state index in [9.17, 15) is 9.18 Å². The molecule has 1 amide bonds. The van der Waals surface area contributed by atoms with Crippen LogP contribution in [0.25, 0.3) is 16.8 Å². The van der Waals surface area contributed by atoms with E-state index in [1.807, 2.05) is 6.07 Å². The summed E-state index contributed by atoms with van der Waals surface area (Å²) in [5, 5.41) is -0.149. The van der Waals surface area contributed by atoms with Gasteiger partial charge in [-0.1, -0.05) is 29.8 Å². The number of aromatic nitrogens is 1. The van der Waals surface area contributed by atoms with E-state index < -0.39 is 17.1 Å². The number of benzene rings is 1. The van der Waals surface area contributed by atoms with E-state index in [0.717, 1.165) is 18.4 Å². The third-order valence-electron chi connectivity index (χ3n) is 5.31. The van der Waals surface area contributed by atoms with E-state index in [1.54, 1.807) is 6.92 Å². The maximum atomic E-state index is 13.8. The van der Waals surface area contributed by atoms with Gasteiger partial charge < -0.3 is 10.5 Å². The van der Waals surface area contributed by atoms with Crippen molar-refractivity contribution in [1.82, 2.24) is 4.98 Å². The summed E-state index contributed by atoms with van der Waals surface area (Å²) in [5.41, 5.74) is 7.66. The molecular weight excluding hydrogens is 390 g/mol. The lowest BCUT2D eigenvalue weighted by Gasteiger charge is -2.19. The van der Waals surface area contributed by atoms with E-state index in [2.05, 4.69) is 6.58 Å². The molecule has 0 bridgehead atoms. The highest BCUT2D eigenvalue weighted by molar-refractivity contribution is 6.43. The Bertz CT molecular complexity index is 1000. The predicted octanol–water partition coefficient (Wildman–Crippen LogP) is 4.75. The average Bonchev–Trinajstić information content (AvgIpc) is 3.43. The first-order chi connectivity index (χ1) is 12.7. The van der Waals surface area contributed by atoms with Gasteiger partial charge in [-0.05, 0) is 49.5 Å². The summed E-state index contributed by atoms with van der Waals surface area (Å²) in [5.74, 6) is -0.334. The van der Waals surface area contributed by atoms with Crippen LogP contribution < -0.4 is 10.5 Å². The van der Waals surface area contributed by atoms with Crippen LogP contribution in [-0.4, -0.2) is 17.5 Å². The van der Waals surface area contributed by atoms with Crippen LogP contribution in [0.3, 0.4) is 0 Å². The Morgan fingerprint density at radius 2 is 2.07 bits per heavy atom. The average molecular weight is 407 g/mol. The first-order valence-electron chi connectivity index (χ1n) is 8.55. The number of pyridine rings is 1. The zero-order valence-electron chi connectivity index (χ0n) is 14.6. The zero-order chi connectivity index (χ0) is 19.5. The number of allylic oxidation sites excluding steroid dienone is 1. The molecule has 1 fully saturated rings. The maximum absolute atomic E-state index is 13.8. The lowest BCUT2D eigenvalue weighted by Crippen LogP contribution is -2.39. The molecular formula is C20H17Cl2FN2O2. The smallest absolute Gasteiger partial charge is 0.231 e. The molecule has 1 saturated carbocycles. The number of hydrogen-bond acceptors (Lipinski definition) is 3. The number of ether oxygens (including phenoxy) is 1. The number of primary amides is 1. The van der Waals surface area contributed by atoms with Gasteiger partial charge in [0, 0.05) is 11.1 Å². The van der Waals surface area contributed by atoms with Gasteiger partial charge in [0.05, 0.1) is 15.7 Å². The Balaban J connectivity index is 1.98. The molecule has 0 unspecified atom stereocenters. The summed E-state index contributed by atoms with van der Waals surface area (Å²) >= 11 is 12.3. The van der Waals surface area contributed by atoms with Gasteiger partial charge in [-0.3, -0.25) is 4.79 Å². The third kappa shape index (κ3) is 2.80. The van der Waals surface area contributed by atoms with Gasteiger partial charge in [-0.25, -0.2) is 9.37 Å². The van der Waals surface area contributed by atoms with Crippen molar-refractivity contribution >= 4 is 34.7 Å². The van der Waals surface area contributed by atoms with Gasteiger partial charge in [0.25, 0.3) is 0 Å². The summed E-state index contributed by atoms with van der Waals surface area (Å²) in [6.07, 6.45) is 2.11. The number of carbonyl (C=O) groups excluding carboxylic acids is 1. The Morgan fingerprint density at radius 3 is 2.70 bits per heavy atom. The Hall–Kier alpha value is -2.11. The summed E-state index contributed by atoms with van der Waals surface area (Å²) in [4.78, 5) is 16.8. The third-order valence-corrected chi connectivity index (χ3v) is 6.16. The van der Waals surface area contributed by atoms with Crippen LogP contribution in [0.5, 0.6) is 5.75 Å². The molecule has 27 heavy (non-hydrogen) atoms. The minimum atomic E-state index is -0.998. The van der Waals surface area contributed by atoms with Crippen LogP contribution in [0.1, 0.15) is 31.0 Å². The van der Waals surface area contributed by atoms with Crippen LogP contribution in [0, 0.1) is 11.7 Å². The highest BCUT2D eigenvalue weighted by atomic mass is 35.5. The van der Waals surface area contributed by atoms with Gasteiger partial charge in [0.15, 0.2) is 0 Å². The standard InChI is InChI=1S/C20H17Cl2FN2O2/c1-9(10-3-4-10)14-7-12-18(27-8-20(12,2)19(24)26)17(25-14)11-5-6-13(23)16(22)15(11)21/h5-7,10H,1,3-4,8H2,2H3,(H2,24,26)/t20-/m0/s1. The van der Waals surface area contributed by atoms with Gasteiger partial charge in [0.2, 0.25) is 5.91 Å². The number of hydrogen-bond donors (Lipinski definition) is 1. The number of halogens is 3. The quantitative estimate of drug-likeness (QED) is 0.744. The van der Waals surface area contributed by atoms with Crippen molar-refractivity contribution < 1.29 is 13.9 Å². The van der Waals surface area contributed by atoms with E-state index in [-0.39, 0.29) is 16.7 Å². The van der Waals surface area contributed by atoms with Gasteiger partial charge in [-0.15, -0.1) is 0 Å². The number of rotatable bonds is 4. The zero-order valence-corrected chi connectivity index (χ0v) is 16.1. The normalized spacial score (nSPS) is 20.9. The van der Waals surface area contributed by atoms with Crippen LogP contribution in [0.4, 0.5) is 4.39 Å². The molecule has 2 aromatic rings. The van der Waals surface area contributed by atoms with E-state index in [0.29, 0.717) is 34.2 Å². The van der Waals surface area contributed by atoms with E-state index in [1.165, 1.54) is 12.1 Å². The summed E-state index contributed by atoms with van der Waals surface area (Å²) in [6.45, 7) is 5.98. The largest absolute Gasteiger partial charge is 0.489 e. The minimum absolute atomic E-state index is 0.0387. The van der Waals surface area contributed by atoms with E-state index >= 15 is 0 Å². The van der Waals surface area contributed by atoms with Crippen molar-refractivity contribution in [3.63, 3.8) is 0 Å². The maximum Gasteiger partial charge on any atom is 0.231 e. The highest BCUT2D eigenvalue weighted by Gasteiger charge is 2.44. The number of amides is 1. The molecule has 1 aliphatic heterocycles. The summed E-state index contributed by atoms with van der Waals surface area (Å²) in [7, 11) is 0. The van der Waals surface area contributed by atoms with Crippen LogP contribution >= 0.6 is 23.2 Å². The summed E-state index contributed by atoms with van der Waals surface area (Å²) in [6, 6.07) is 4.54. The Morgan fingerprint density at radius 1 is 1.37 bits per heavy atom. The molecule has 1 aromatic heterocycles. The fourth-order valence-electron chi connectivity index (χ4n) is 3.28. The monoisotopic (exact) mass is 406 g/mol. The second kappa shape index (κ2) is 6.21. The molecule has 0 spiro atoms. The molecule has 0 saturated heterocycles. The molecule has 1 aromatic carbocycles. The molecule has 4 rings (SSSR count). The predicted molar refractivity (Wildman–Crippen MR) is 103 cm³/mol. The van der Waals surface area contributed by atoms with Crippen LogP contribution in [-0.2, 0) is 10.2 Å². The van der Waals surface area contributed by atoms with E-state index in [4.69, 9.17) is 38.7 Å². The number of nitrogens with zero attached hydrogens (tertiary/aromatic N) is 1. The van der Waals surface area contributed by atoms with Gasteiger partial charge in [0.1, 0.15) is 29.3 Å². The molecule has 1 aliphatic carbocycles. The molecule has 2 N–H and O–H groups in total. The second-order valence-electron chi connectivity index (χ2n) is 7.24. The number of fused-ring (bicyclic) bond motifs is 1. The highest BCUT2D eigenvalue weighted by Crippen LogP contribution is 2.49. The number of nitrogens with two attached hydrogens (primary N) is 1. The van der Waals surface area contributed by atoms with Crippen LogP contribution in [0.2, 0.25) is 10.0 Å². The van der Waals surface area contributed by atoms with Crippen molar-refractivity contribution in [2.75, 3.05) is 6.61 Å². The Kier molecular flexibility index (Phi) is 4.20. The Labute approximate surface area is 166 Å².